The lowest BCUT2D eigenvalue weighted by Crippen LogP contribution is -2.24. The molecule has 3 nitrogen and oxygen atoms in total. The second-order valence-electron chi connectivity index (χ2n) is 1.12. The Bertz CT molecular complexity index is 144. The molecule has 0 fully saturated rings. The van der Waals surface area contributed by atoms with Crippen molar-refractivity contribution in [1.29, 1.82) is 0 Å². The molecule has 0 spiro atoms. The standard InChI is InChI=1S/C4H4N2O.H2S/c7-6-3-1-2-5-4-6;/h1-4H;1H2. The summed E-state index contributed by atoms with van der Waals surface area (Å²) in [6.45, 7) is 0. The molecule has 0 unspecified atom stereocenters. The highest BCUT2D eigenvalue weighted by atomic mass is 32.1. The minimum Gasteiger partial charge on any atom is -0.711 e. The molecule has 0 aromatic carbocycles. The Kier molecular flexibility index (Phi) is 2.95. The van der Waals surface area contributed by atoms with Crippen LogP contribution in [-0.2, 0) is 0 Å². The Balaban J connectivity index is 0.000000490. The summed E-state index contributed by atoms with van der Waals surface area (Å²) in [5.41, 5.74) is 0. The van der Waals surface area contributed by atoms with E-state index in [9.17, 15) is 5.21 Å². The molecule has 0 saturated carbocycles. The predicted octanol–water partition coefficient (Wildman–Crippen LogP) is -0.172. The molecule has 0 aliphatic heterocycles. The van der Waals surface area contributed by atoms with E-state index in [2.05, 4.69) is 4.98 Å². The van der Waals surface area contributed by atoms with Crippen LogP contribution in [0.3, 0.4) is 0 Å². The van der Waals surface area contributed by atoms with Crippen molar-refractivity contribution >= 4 is 13.5 Å². The van der Waals surface area contributed by atoms with Crippen LogP contribution < -0.4 is 4.73 Å². The minimum absolute atomic E-state index is 0. The lowest BCUT2D eigenvalue weighted by molar-refractivity contribution is -0.608. The smallest absolute Gasteiger partial charge is 0.289 e. The van der Waals surface area contributed by atoms with Crippen LogP contribution in [0.2, 0.25) is 0 Å². The van der Waals surface area contributed by atoms with E-state index in [0.717, 1.165) is 0 Å². The third-order valence-corrected chi connectivity index (χ3v) is 0.586. The molecule has 0 amide bonds. The largest absolute Gasteiger partial charge is 0.711 e. The molecule has 1 aromatic heterocycles. The molecule has 0 N–H and O–H groups in total. The number of hydrogen-bond acceptors (Lipinski definition) is 2. The molecule has 4 heteroatoms. The van der Waals surface area contributed by atoms with E-state index in [1.165, 1.54) is 12.5 Å². The monoisotopic (exact) mass is 130 g/mol. The van der Waals surface area contributed by atoms with E-state index in [-0.39, 0.29) is 13.5 Å². The van der Waals surface area contributed by atoms with Crippen LogP contribution in [0.15, 0.2) is 24.8 Å². The zero-order chi connectivity index (χ0) is 5.11. The van der Waals surface area contributed by atoms with Gasteiger partial charge >= 0.3 is 0 Å². The van der Waals surface area contributed by atoms with Crippen LogP contribution in [0.25, 0.3) is 0 Å². The van der Waals surface area contributed by atoms with Crippen molar-refractivity contribution in [2.45, 2.75) is 0 Å². The number of nitrogens with zero attached hydrogens (tertiary/aromatic N) is 2. The number of rotatable bonds is 0. The van der Waals surface area contributed by atoms with Gasteiger partial charge in [-0.1, -0.05) is 4.98 Å². The summed E-state index contributed by atoms with van der Waals surface area (Å²) in [5, 5.41) is 10.1. The molecule has 0 aliphatic rings. The third-order valence-electron chi connectivity index (χ3n) is 0.586. The van der Waals surface area contributed by atoms with Crippen LogP contribution in [0, 0.1) is 5.21 Å². The Morgan fingerprint density at radius 2 is 2.25 bits per heavy atom. The first-order valence-corrected chi connectivity index (χ1v) is 1.88. The van der Waals surface area contributed by atoms with Gasteiger partial charge in [0.1, 0.15) is 6.20 Å². The second-order valence-corrected chi connectivity index (χ2v) is 1.12. The zero-order valence-electron chi connectivity index (χ0n) is 4.11. The average Bonchev–Trinajstić information content (AvgIpc) is 1.69. The first-order valence-electron chi connectivity index (χ1n) is 1.88. The topological polar surface area (TPSA) is 39.8 Å². The molecule has 1 aromatic rings. The maximum absolute atomic E-state index is 10.1. The molecule has 0 aliphatic carbocycles. The van der Waals surface area contributed by atoms with Crippen molar-refractivity contribution in [3.63, 3.8) is 0 Å². The van der Waals surface area contributed by atoms with E-state index in [4.69, 9.17) is 0 Å². The van der Waals surface area contributed by atoms with Crippen LogP contribution in [0.4, 0.5) is 0 Å². The van der Waals surface area contributed by atoms with E-state index >= 15 is 0 Å². The van der Waals surface area contributed by atoms with Crippen molar-refractivity contribution in [3.8, 4) is 0 Å². The SMILES string of the molecule is S.[O-][n+]1cccnc1. The van der Waals surface area contributed by atoms with Crippen LogP contribution in [-0.4, -0.2) is 4.98 Å². The van der Waals surface area contributed by atoms with Crippen molar-refractivity contribution in [3.05, 3.63) is 30.0 Å². The summed E-state index contributed by atoms with van der Waals surface area (Å²) in [5.74, 6) is 0. The van der Waals surface area contributed by atoms with E-state index < -0.39 is 0 Å². The Hall–Kier alpha value is -0.770. The molecule has 0 saturated heterocycles. The van der Waals surface area contributed by atoms with Gasteiger partial charge in [-0.25, -0.2) is 4.73 Å². The van der Waals surface area contributed by atoms with Gasteiger partial charge in [0.2, 0.25) is 0 Å². The van der Waals surface area contributed by atoms with Gasteiger partial charge in [0.05, 0.1) is 6.20 Å². The van der Waals surface area contributed by atoms with E-state index in [1.807, 2.05) is 0 Å². The minimum atomic E-state index is 0. The van der Waals surface area contributed by atoms with Crippen LogP contribution in [0.5, 0.6) is 0 Å². The van der Waals surface area contributed by atoms with Gasteiger partial charge in [0.25, 0.3) is 6.33 Å². The summed E-state index contributed by atoms with van der Waals surface area (Å²) in [6.07, 6.45) is 4.13. The highest BCUT2D eigenvalue weighted by molar-refractivity contribution is 7.59. The molecule has 0 radical (unpaired) electrons. The number of hydrogen-bond donors (Lipinski definition) is 0. The molecular formula is C4H6N2OS. The van der Waals surface area contributed by atoms with E-state index in [0.29, 0.717) is 4.73 Å². The average molecular weight is 130 g/mol. The van der Waals surface area contributed by atoms with Crippen molar-refractivity contribution in [2.75, 3.05) is 0 Å². The highest BCUT2D eigenvalue weighted by Gasteiger charge is 1.75. The van der Waals surface area contributed by atoms with Gasteiger partial charge in [0, 0.05) is 6.07 Å². The summed E-state index contributed by atoms with van der Waals surface area (Å²) in [4.78, 5) is 3.53. The van der Waals surface area contributed by atoms with Crippen molar-refractivity contribution in [2.24, 2.45) is 0 Å². The summed E-state index contributed by atoms with van der Waals surface area (Å²) in [6, 6.07) is 1.58. The molecule has 1 heterocycles. The quantitative estimate of drug-likeness (QED) is 0.361. The van der Waals surface area contributed by atoms with Gasteiger partial charge < -0.3 is 5.21 Å². The molecular weight excluding hydrogens is 124 g/mol. The summed E-state index contributed by atoms with van der Waals surface area (Å²) < 4.78 is 0.639. The lowest BCUT2D eigenvalue weighted by atomic mass is 10.7. The highest BCUT2D eigenvalue weighted by Crippen LogP contribution is 1.64. The molecule has 0 bridgehead atoms. The number of aromatic nitrogens is 2. The van der Waals surface area contributed by atoms with Gasteiger partial charge in [-0.2, -0.15) is 13.5 Å². The van der Waals surface area contributed by atoms with Crippen molar-refractivity contribution in [1.82, 2.24) is 4.98 Å². The fourth-order valence-electron chi connectivity index (χ4n) is 0.316. The van der Waals surface area contributed by atoms with E-state index in [1.54, 1.807) is 12.3 Å². The molecule has 0 atom stereocenters. The Morgan fingerprint density at radius 1 is 1.50 bits per heavy atom. The van der Waals surface area contributed by atoms with Gasteiger partial charge in [-0.05, 0) is 0 Å². The summed E-state index contributed by atoms with van der Waals surface area (Å²) in [7, 11) is 0. The molecule has 8 heavy (non-hydrogen) atoms. The van der Waals surface area contributed by atoms with Gasteiger partial charge in [-0.3, -0.25) is 0 Å². The first kappa shape index (κ1) is 7.23. The zero-order valence-corrected chi connectivity index (χ0v) is 5.11. The van der Waals surface area contributed by atoms with Gasteiger partial charge in [0.15, 0.2) is 0 Å². The maximum Gasteiger partial charge on any atom is 0.289 e. The van der Waals surface area contributed by atoms with Crippen LogP contribution in [0.1, 0.15) is 0 Å². The molecule has 44 valence electrons. The summed E-state index contributed by atoms with van der Waals surface area (Å²) >= 11 is 0. The molecule has 1 rings (SSSR count). The van der Waals surface area contributed by atoms with Gasteiger partial charge in [-0.15, -0.1) is 0 Å². The predicted molar refractivity (Wildman–Crippen MR) is 33.6 cm³/mol. The third kappa shape index (κ3) is 1.79. The fourth-order valence-corrected chi connectivity index (χ4v) is 0.316. The normalized spacial score (nSPS) is 7.50. The lowest BCUT2D eigenvalue weighted by Gasteiger charge is -1.92. The van der Waals surface area contributed by atoms with Crippen molar-refractivity contribution < 1.29 is 4.73 Å². The Morgan fingerprint density at radius 3 is 2.50 bits per heavy atom. The van der Waals surface area contributed by atoms with Crippen LogP contribution >= 0.6 is 13.5 Å². The first-order chi connectivity index (χ1) is 3.39. The maximum atomic E-state index is 10.1. The fraction of sp³-hybridized carbons (Fsp3) is 0. The Labute approximate surface area is 54.0 Å². The second kappa shape index (κ2) is 3.26.